The van der Waals surface area contributed by atoms with Gasteiger partial charge in [0.1, 0.15) is 0 Å². The Morgan fingerprint density at radius 2 is 2.38 bits per heavy atom. The van der Waals surface area contributed by atoms with Gasteiger partial charge in [0.2, 0.25) is 0 Å². The van der Waals surface area contributed by atoms with Gasteiger partial charge in [-0.2, -0.15) is 0 Å². The summed E-state index contributed by atoms with van der Waals surface area (Å²) in [6.45, 7) is 2.20. The lowest BCUT2D eigenvalue weighted by molar-refractivity contribution is 0.373. The number of rotatable bonds is 1. The van der Waals surface area contributed by atoms with Gasteiger partial charge in [0.25, 0.3) is 0 Å². The molecule has 2 aromatic heterocycles. The van der Waals surface area contributed by atoms with Crippen LogP contribution in [-0.2, 0) is 0 Å². The molecule has 0 fully saturated rings. The van der Waals surface area contributed by atoms with Gasteiger partial charge in [-0.1, -0.05) is 6.08 Å². The third-order valence-electron chi connectivity index (χ3n) is 3.17. The standard InChI is InChI=1S/C13H15N3/c1-16-6-2-3-10(9-16)12-7-15-13-8-14-5-4-11(12)13/h3-5,7-8,15H,2,6,9H2,1H3. The third kappa shape index (κ3) is 1.53. The summed E-state index contributed by atoms with van der Waals surface area (Å²) in [5.74, 6) is 0. The second-order valence-corrected chi connectivity index (χ2v) is 4.38. The highest BCUT2D eigenvalue weighted by molar-refractivity contribution is 5.92. The maximum atomic E-state index is 4.13. The van der Waals surface area contributed by atoms with Crippen molar-refractivity contribution in [1.29, 1.82) is 0 Å². The van der Waals surface area contributed by atoms with Crippen molar-refractivity contribution >= 4 is 16.5 Å². The first-order valence-corrected chi connectivity index (χ1v) is 5.63. The van der Waals surface area contributed by atoms with Crippen LogP contribution in [0.3, 0.4) is 0 Å². The fourth-order valence-corrected chi connectivity index (χ4v) is 2.33. The van der Waals surface area contributed by atoms with Crippen molar-refractivity contribution in [2.75, 3.05) is 20.1 Å². The SMILES string of the molecule is CN1CCC=C(c2c[nH]c3cnccc23)C1. The van der Waals surface area contributed by atoms with Gasteiger partial charge in [-0.05, 0) is 25.1 Å². The molecule has 2 aromatic rings. The quantitative estimate of drug-likeness (QED) is 0.788. The first kappa shape index (κ1) is 9.60. The highest BCUT2D eigenvalue weighted by atomic mass is 15.1. The van der Waals surface area contributed by atoms with Crippen molar-refractivity contribution in [3.63, 3.8) is 0 Å². The first-order chi connectivity index (χ1) is 7.84. The Morgan fingerprint density at radius 3 is 3.25 bits per heavy atom. The minimum Gasteiger partial charge on any atom is -0.359 e. The Bertz CT molecular complexity index is 539. The molecule has 0 radical (unpaired) electrons. The predicted molar refractivity (Wildman–Crippen MR) is 66.2 cm³/mol. The molecule has 1 aliphatic rings. The summed E-state index contributed by atoms with van der Waals surface area (Å²) >= 11 is 0. The number of pyridine rings is 1. The average molecular weight is 213 g/mol. The van der Waals surface area contributed by atoms with Gasteiger partial charge >= 0.3 is 0 Å². The van der Waals surface area contributed by atoms with Gasteiger partial charge < -0.3 is 9.88 Å². The number of aromatic amines is 1. The summed E-state index contributed by atoms with van der Waals surface area (Å²) in [6.07, 6.45) is 9.32. The van der Waals surface area contributed by atoms with E-state index in [9.17, 15) is 0 Å². The van der Waals surface area contributed by atoms with E-state index in [1.807, 2.05) is 12.4 Å². The van der Waals surface area contributed by atoms with E-state index in [0.717, 1.165) is 25.0 Å². The molecule has 0 saturated heterocycles. The molecule has 3 rings (SSSR count). The lowest BCUT2D eigenvalue weighted by Crippen LogP contribution is -2.24. The molecule has 0 atom stereocenters. The highest BCUT2D eigenvalue weighted by Gasteiger charge is 2.13. The number of aromatic nitrogens is 2. The van der Waals surface area contributed by atoms with E-state index < -0.39 is 0 Å². The molecule has 0 amide bonds. The van der Waals surface area contributed by atoms with Gasteiger partial charge in [-0.25, -0.2) is 0 Å². The predicted octanol–water partition coefficient (Wildman–Crippen LogP) is 2.28. The maximum absolute atomic E-state index is 4.13. The van der Waals surface area contributed by atoms with E-state index in [1.165, 1.54) is 16.5 Å². The number of H-pyrrole nitrogens is 1. The van der Waals surface area contributed by atoms with Crippen LogP contribution in [0.2, 0.25) is 0 Å². The highest BCUT2D eigenvalue weighted by Crippen LogP contribution is 2.26. The summed E-state index contributed by atoms with van der Waals surface area (Å²) in [5.41, 5.74) is 3.86. The molecule has 3 nitrogen and oxygen atoms in total. The summed E-state index contributed by atoms with van der Waals surface area (Å²) in [7, 11) is 2.17. The zero-order chi connectivity index (χ0) is 11.0. The molecule has 1 aliphatic heterocycles. The van der Waals surface area contributed by atoms with Gasteiger partial charge in [0.05, 0.1) is 11.7 Å². The van der Waals surface area contributed by atoms with Crippen LogP contribution in [0.5, 0.6) is 0 Å². The third-order valence-corrected chi connectivity index (χ3v) is 3.17. The largest absolute Gasteiger partial charge is 0.359 e. The summed E-state index contributed by atoms with van der Waals surface area (Å²) in [4.78, 5) is 9.76. The second kappa shape index (κ2) is 3.76. The van der Waals surface area contributed by atoms with E-state index in [4.69, 9.17) is 0 Å². The van der Waals surface area contributed by atoms with Crippen LogP contribution in [-0.4, -0.2) is 35.0 Å². The number of hydrogen-bond donors (Lipinski definition) is 1. The van der Waals surface area contributed by atoms with Gasteiger partial charge in [0, 0.05) is 36.4 Å². The van der Waals surface area contributed by atoms with Crippen LogP contribution in [0.1, 0.15) is 12.0 Å². The number of likely N-dealkylation sites (N-methyl/N-ethyl adjacent to an activating group) is 1. The average Bonchev–Trinajstić information content (AvgIpc) is 2.72. The second-order valence-electron chi connectivity index (χ2n) is 4.38. The van der Waals surface area contributed by atoms with E-state index in [2.05, 4.69) is 40.3 Å². The van der Waals surface area contributed by atoms with Crippen molar-refractivity contribution in [3.05, 3.63) is 36.3 Å². The zero-order valence-corrected chi connectivity index (χ0v) is 9.40. The van der Waals surface area contributed by atoms with Crippen LogP contribution < -0.4 is 0 Å². The molecule has 1 N–H and O–H groups in total. The first-order valence-electron chi connectivity index (χ1n) is 5.63. The number of nitrogens with one attached hydrogen (secondary N) is 1. The van der Waals surface area contributed by atoms with E-state index in [0.29, 0.717) is 0 Å². The molecule has 0 aromatic carbocycles. The van der Waals surface area contributed by atoms with E-state index >= 15 is 0 Å². The Morgan fingerprint density at radius 1 is 1.44 bits per heavy atom. The lowest BCUT2D eigenvalue weighted by atomic mass is 10.0. The molecule has 0 spiro atoms. The van der Waals surface area contributed by atoms with Crippen molar-refractivity contribution in [1.82, 2.24) is 14.9 Å². The molecular weight excluding hydrogens is 198 g/mol. The van der Waals surface area contributed by atoms with Gasteiger partial charge in [0.15, 0.2) is 0 Å². The minimum absolute atomic E-state index is 1.04. The normalized spacial score (nSPS) is 17.7. The Kier molecular flexibility index (Phi) is 2.26. The zero-order valence-electron chi connectivity index (χ0n) is 9.40. The van der Waals surface area contributed by atoms with Crippen molar-refractivity contribution < 1.29 is 0 Å². The fourth-order valence-electron chi connectivity index (χ4n) is 2.33. The maximum Gasteiger partial charge on any atom is 0.0646 e. The lowest BCUT2D eigenvalue weighted by Gasteiger charge is -2.22. The monoisotopic (exact) mass is 213 g/mol. The molecule has 3 heterocycles. The van der Waals surface area contributed by atoms with E-state index in [1.54, 1.807) is 0 Å². The fraction of sp³-hybridized carbons (Fsp3) is 0.308. The molecule has 0 unspecified atom stereocenters. The molecule has 82 valence electrons. The topological polar surface area (TPSA) is 31.9 Å². The van der Waals surface area contributed by atoms with Crippen molar-refractivity contribution in [3.8, 4) is 0 Å². The Hall–Kier alpha value is -1.61. The van der Waals surface area contributed by atoms with Crippen LogP contribution in [0, 0.1) is 0 Å². The summed E-state index contributed by atoms with van der Waals surface area (Å²) in [6, 6.07) is 2.08. The van der Waals surface area contributed by atoms with Crippen LogP contribution in [0.25, 0.3) is 16.5 Å². The van der Waals surface area contributed by atoms with E-state index in [-0.39, 0.29) is 0 Å². The molecule has 16 heavy (non-hydrogen) atoms. The van der Waals surface area contributed by atoms with Gasteiger partial charge in [-0.3, -0.25) is 4.98 Å². The Balaban J connectivity index is 2.09. The molecule has 3 heteroatoms. The minimum atomic E-state index is 1.04. The van der Waals surface area contributed by atoms with Crippen LogP contribution in [0.15, 0.2) is 30.7 Å². The summed E-state index contributed by atoms with van der Waals surface area (Å²) in [5, 5.41) is 1.27. The van der Waals surface area contributed by atoms with Crippen molar-refractivity contribution in [2.45, 2.75) is 6.42 Å². The van der Waals surface area contributed by atoms with Crippen LogP contribution >= 0.6 is 0 Å². The molecule has 0 aliphatic carbocycles. The Labute approximate surface area is 94.8 Å². The molecule has 0 saturated carbocycles. The van der Waals surface area contributed by atoms with Crippen LogP contribution in [0.4, 0.5) is 0 Å². The summed E-state index contributed by atoms with van der Waals surface area (Å²) < 4.78 is 0. The van der Waals surface area contributed by atoms with Gasteiger partial charge in [-0.15, -0.1) is 0 Å². The molecular formula is C13H15N3. The number of nitrogens with zero attached hydrogens (tertiary/aromatic N) is 2. The number of fused-ring (bicyclic) bond motifs is 1. The number of hydrogen-bond acceptors (Lipinski definition) is 2. The molecule has 0 bridgehead atoms. The smallest absolute Gasteiger partial charge is 0.0646 e. The van der Waals surface area contributed by atoms with Crippen molar-refractivity contribution in [2.24, 2.45) is 0 Å².